The number of aromatic nitrogens is 2. The molecule has 3 aromatic rings. The van der Waals surface area contributed by atoms with Crippen LogP contribution in [0.4, 0.5) is 5.69 Å². The number of hydrogen-bond acceptors (Lipinski definition) is 3. The summed E-state index contributed by atoms with van der Waals surface area (Å²) in [5, 5.41) is 0. The van der Waals surface area contributed by atoms with Gasteiger partial charge in [0.1, 0.15) is 12.1 Å². The van der Waals surface area contributed by atoms with Crippen LogP contribution >= 0.6 is 0 Å². The van der Waals surface area contributed by atoms with Crippen molar-refractivity contribution in [1.29, 1.82) is 0 Å². The monoisotopic (exact) mass is 381 g/mol. The zero-order valence-electron chi connectivity index (χ0n) is 11.2. The molecule has 0 saturated heterocycles. The number of nitrogens with zero attached hydrogens (tertiary/aromatic N) is 2. The fourth-order valence-electron chi connectivity index (χ4n) is 2.07. The van der Waals surface area contributed by atoms with E-state index in [-0.39, 0.29) is 24.0 Å². The molecule has 2 heterocycles. The highest BCUT2D eigenvalue weighted by Gasteiger charge is 2.09. The second-order valence-electron chi connectivity index (χ2n) is 4.57. The van der Waals surface area contributed by atoms with Crippen molar-refractivity contribution in [2.75, 3.05) is 5.73 Å². The van der Waals surface area contributed by atoms with Crippen molar-refractivity contribution in [3.05, 3.63) is 42.7 Å². The molecule has 0 aliphatic carbocycles. The van der Waals surface area contributed by atoms with E-state index < -0.39 is 0 Å². The largest absolute Gasteiger partial charge is 1.00 e. The molecule has 0 bridgehead atoms. The molecule has 0 fully saturated rings. The zero-order valence-corrected chi connectivity index (χ0v) is 13.4. The van der Waals surface area contributed by atoms with Crippen LogP contribution in [-0.4, -0.2) is 4.98 Å². The number of halogens is 1. The van der Waals surface area contributed by atoms with Gasteiger partial charge in [0.25, 0.3) is 0 Å². The summed E-state index contributed by atoms with van der Waals surface area (Å²) < 4.78 is 7.88. The lowest BCUT2D eigenvalue weighted by Gasteiger charge is -1.95. The van der Waals surface area contributed by atoms with Crippen molar-refractivity contribution >= 4 is 16.8 Å². The molecular formula is C15H16IN3O. The first-order valence-corrected chi connectivity index (χ1v) is 6.42. The van der Waals surface area contributed by atoms with Crippen molar-refractivity contribution in [1.82, 2.24) is 4.98 Å². The minimum absolute atomic E-state index is 0. The van der Waals surface area contributed by atoms with Crippen molar-refractivity contribution in [3.8, 4) is 11.5 Å². The van der Waals surface area contributed by atoms with Crippen LogP contribution in [0.3, 0.4) is 0 Å². The van der Waals surface area contributed by atoms with E-state index in [4.69, 9.17) is 10.2 Å². The van der Waals surface area contributed by atoms with Gasteiger partial charge in [-0.1, -0.05) is 6.92 Å². The van der Waals surface area contributed by atoms with Gasteiger partial charge in [0.05, 0.1) is 0 Å². The molecule has 0 aliphatic rings. The third-order valence-corrected chi connectivity index (χ3v) is 3.03. The van der Waals surface area contributed by atoms with Gasteiger partial charge < -0.3 is 34.1 Å². The van der Waals surface area contributed by atoms with Crippen molar-refractivity contribution in [2.45, 2.75) is 19.9 Å². The highest BCUT2D eigenvalue weighted by molar-refractivity contribution is 5.79. The predicted octanol–water partition coefficient (Wildman–Crippen LogP) is -0.221. The summed E-state index contributed by atoms with van der Waals surface area (Å²) in [6.07, 6.45) is 5.20. The summed E-state index contributed by atoms with van der Waals surface area (Å²) in [5.41, 5.74) is 8.94. The predicted molar refractivity (Wildman–Crippen MR) is 74.3 cm³/mol. The van der Waals surface area contributed by atoms with Gasteiger partial charge in [-0.05, 0) is 12.1 Å². The van der Waals surface area contributed by atoms with Crippen LogP contribution < -0.4 is 34.3 Å². The Kier molecular flexibility index (Phi) is 4.59. The number of nitrogens with two attached hydrogens (primary N) is 1. The summed E-state index contributed by atoms with van der Waals surface area (Å²) in [4.78, 5) is 4.47. The van der Waals surface area contributed by atoms with E-state index in [1.807, 2.05) is 36.7 Å². The lowest BCUT2D eigenvalue weighted by Crippen LogP contribution is -3.00. The first-order valence-electron chi connectivity index (χ1n) is 6.42. The van der Waals surface area contributed by atoms with Crippen molar-refractivity contribution in [3.63, 3.8) is 0 Å². The minimum Gasteiger partial charge on any atom is -1.00 e. The third kappa shape index (κ3) is 2.92. The molecule has 0 unspecified atom stereocenters. The lowest BCUT2D eigenvalue weighted by molar-refractivity contribution is -0.696. The zero-order chi connectivity index (χ0) is 13.2. The number of hydrogen-bond donors (Lipinski definition) is 1. The number of nitrogen functional groups attached to an aromatic ring is 1. The Morgan fingerprint density at radius 1 is 1.20 bits per heavy atom. The normalized spacial score (nSPS) is 10.4. The standard InChI is InChI=1S/C15H15N3O.HI/c1-2-7-18-8-5-11(6-9-18)15-17-13-4-3-12(16)10-14(13)19-15;/h3-6,8-10,16H,2,7H2,1H3;1H. The number of oxazole rings is 1. The molecule has 0 amide bonds. The average molecular weight is 381 g/mol. The number of rotatable bonds is 3. The van der Waals surface area contributed by atoms with Crippen molar-refractivity contribution < 1.29 is 33.0 Å². The Morgan fingerprint density at radius 3 is 2.65 bits per heavy atom. The topological polar surface area (TPSA) is 55.9 Å². The van der Waals surface area contributed by atoms with Crippen LogP contribution in [0.15, 0.2) is 47.1 Å². The fourth-order valence-corrected chi connectivity index (χ4v) is 2.07. The van der Waals surface area contributed by atoms with E-state index in [1.54, 1.807) is 6.07 Å². The SMILES string of the molecule is CCC[n+]1ccc(-c2nc3ccc(N)cc3o2)cc1.[I-]. The number of anilines is 1. The van der Waals surface area contributed by atoms with Crippen LogP contribution in [0.1, 0.15) is 13.3 Å². The molecule has 0 spiro atoms. The van der Waals surface area contributed by atoms with E-state index in [0.29, 0.717) is 11.6 Å². The first kappa shape index (κ1) is 14.8. The van der Waals surface area contributed by atoms with Crippen LogP contribution in [0.2, 0.25) is 0 Å². The number of pyridine rings is 1. The Hall–Kier alpha value is -1.63. The lowest BCUT2D eigenvalue weighted by atomic mass is 10.2. The number of aryl methyl sites for hydroxylation is 1. The van der Waals surface area contributed by atoms with Crippen LogP contribution in [0, 0.1) is 0 Å². The molecule has 104 valence electrons. The molecule has 0 aliphatic heterocycles. The molecule has 5 heteroatoms. The smallest absolute Gasteiger partial charge is 0.227 e. The maximum absolute atomic E-state index is 5.73. The molecule has 0 saturated carbocycles. The van der Waals surface area contributed by atoms with Gasteiger partial charge in [0.2, 0.25) is 5.89 Å². The van der Waals surface area contributed by atoms with Gasteiger partial charge in [-0.2, -0.15) is 0 Å². The molecule has 20 heavy (non-hydrogen) atoms. The van der Waals surface area contributed by atoms with E-state index >= 15 is 0 Å². The van der Waals surface area contributed by atoms with Gasteiger partial charge in [0.15, 0.2) is 18.0 Å². The maximum Gasteiger partial charge on any atom is 0.227 e. The maximum atomic E-state index is 5.73. The third-order valence-electron chi connectivity index (χ3n) is 3.03. The summed E-state index contributed by atoms with van der Waals surface area (Å²) in [6, 6.07) is 9.53. The summed E-state index contributed by atoms with van der Waals surface area (Å²) in [7, 11) is 0. The Morgan fingerprint density at radius 2 is 1.95 bits per heavy atom. The van der Waals surface area contributed by atoms with Crippen LogP contribution in [-0.2, 0) is 6.54 Å². The van der Waals surface area contributed by atoms with Crippen LogP contribution in [0.5, 0.6) is 0 Å². The Bertz CT molecular complexity index is 707. The molecule has 0 radical (unpaired) electrons. The van der Waals surface area contributed by atoms with E-state index in [2.05, 4.69) is 16.5 Å². The fraction of sp³-hybridized carbons (Fsp3) is 0.200. The second kappa shape index (κ2) is 6.21. The Labute approximate surface area is 134 Å². The highest BCUT2D eigenvalue weighted by atomic mass is 127. The second-order valence-corrected chi connectivity index (χ2v) is 4.57. The van der Waals surface area contributed by atoms with Gasteiger partial charge in [-0.3, -0.25) is 0 Å². The van der Waals surface area contributed by atoms with Gasteiger partial charge in [-0.25, -0.2) is 9.55 Å². The summed E-state index contributed by atoms with van der Waals surface area (Å²) >= 11 is 0. The van der Waals surface area contributed by atoms with Gasteiger partial charge >= 0.3 is 0 Å². The first-order chi connectivity index (χ1) is 9.26. The van der Waals surface area contributed by atoms with E-state index in [1.165, 1.54) is 0 Å². The van der Waals surface area contributed by atoms with Crippen LogP contribution in [0.25, 0.3) is 22.6 Å². The molecule has 2 aromatic heterocycles. The summed E-state index contributed by atoms with van der Waals surface area (Å²) in [5.74, 6) is 0.629. The van der Waals surface area contributed by atoms with Gasteiger partial charge in [0, 0.05) is 35.9 Å². The molecule has 4 nitrogen and oxygen atoms in total. The Balaban J connectivity index is 0.00000147. The van der Waals surface area contributed by atoms with Crippen molar-refractivity contribution in [2.24, 2.45) is 0 Å². The molecule has 0 atom stereocenters. The van der Waals surface area contributed by atoms with Gasteiger partial charge in [-0.15, -0.1) is 0 Å². The highest BCUT2D eigenvalue weighted by Crippen LogP contribution is 2.24. The molecule has 2 N–H and O–H groups in total. The summed E-state index contributed by atoms with van der Waals surface area (Å²) in [6.45, 7) is 3.18. The quantitative estimate of drug-likeness (QED) is 0.388. The average Bonchev–Trinajstić information content (AvgIpc) is 2.83. The van der Waals surface area contributed by atoms with E-state index in [9.17, 15) is 0 Å². The molecule has 3 rings (SSSR count). The minimum atomic E-state index is 0. The van der Waals surface area contributed by atoms with E-state index in [0.717, 1.165) is 29.6 Å². The number of benzene rings is 1. The molecule has 1 aromatic carbocycles. The number of fused-ring (bicyclic) bond motifs is 1. The molecular weight excluding hydrogens is 365 g/mol.